The zero-order chi connectivity index (χ0) is 9.10. The Morgan fingerprint density at radius 2 is 1.77 bits per heavy atom. The molecule has 0 fully saturated rings. The molecule has 2 rings (SSSR count). The molecule has 0 heterocycles. The van der Waals surface area contributed by atoms with Crippen LogP contribution in [0.25, 0.3) is 11.1 Å². The van der Waals surface area contributed by atoms with E-state index >= 15 is 0 Å². The number of benzene rings is 2. The van der Waals surface area contributed by atoms with Crippen LogP contribution in [0.3, 0.4) is 0 Å². The van der Waals surface area contributed by atoms with Crippen LogP contribution in [0.2, 0.25) is 0 Å². The lowest BCUT2D eigenvalue weighted by molar-refractivity contribution is 0.628. The van der Waals surface area contributed by atoms with Gasteiger partial charge in [0.1, 0.15) is 5.82 Å². The van der Waals surface area contributed by atoms with Gasteiger partial charge < -0.3 is 0 Å². The lowest BCUT2D eigenvalue weighted by atomic mass is 10.1. The Kier molecular flexibility index (Phi) is 2.09. The van der Waals surface area contributed by atoms with Crippen molar-refractivity contribution in [2.45, 2.75) is 0 Å². The van der Waals surface area contributed by atoms with Gasteiger partial charge in [0.15, 0.2) is 0 Å². The van der Waals surface area contributed by atoms with E-state index in [0.29, 0.717) is 0 Å². The van der Waals surface area contributed by atoms with E-state index in [2.05, 4.69) is 6.07 Å². The van der Waals surface area contributed by atoms with Crippen molar-refractivity contribution in [1.29, 1.82) is 0 Å². The zero-order valence-corrected chi connectivity index (χ0v) is 7.00. The smallest absolute Gasteiger partial charge is 0.123 e. The predicted octanol–water partition coefficient (Wildman–Crippen LogP) is 3.29. The van der Waals surface area contributed by atoms with Crippen LogP contribution in [0.5, 0.6) is 0 Å². The van der Waals surface area contributed by atoms with E-state index in [0.717, 1.165) is 11.1 Å². The minimum atomic E-state index is -0.224. The van der Waals surface area contributed by atoms with Gasteiger partial charge in [0, 0.05) is 0 Å². The third kappa shape index (κ3) is 1.75. The lowest BCUT2D eigenvalue weighted by Gasteiger charge is -1.99. The third-order valence-electron chi connectivity index (χ3n) is 1.85. The highest BCUT2D eigenvalue weighted by Crippen LogP contribution is 2.18. The standard InChI is InChI=1S/C12H8F/c13-12-8-4-7-11(9-12)10-5-2-1-3-6-10/h1-6,8-9H. The second kappa shape index (κ2) is 3.40. The fourth-order valence-electron chi connectivity index (χ4n) is 1.22. The monoisotopic (exact) mass is 171 g/mol. The summed E-state index contributed by atoms with van der Waals surface area (Å²) in [7, 11) is 0. The van der Waals surface area contributed by atoms with Gasteiger partial charge in [-0.25, -0.2) is 4.39 Å². The molecule has 13 heavy (non-hydrogen) atoms. The van der Waals surface area contributed by atoms with Gasteiger partial charge in [0.05, 0.1) is 0 Å². The van der Waals surface area contributed by atoms with E-state index < -0.39 is 0 Å². The summed E-state index contributed by atoms with van der Waals surface area (Å²) in [5.74, 6) is -0.224. The van der Waals surface area contributed by atoms with Crippen LogP contribution < -0.4 is 0 Å². The summed E-state index contributed by atoms with van der Waals surface area (Å²) in [6.45, 7) is 0. The van der Waals surface area contributed by atoms with Crippen molar-refractivity contribution in [3.8, 4) is 11.1 Å². The maximum atomic E-state index is 12.8. The summed E-state index contributed by atoms with van der Waals surface area (Å²) in [6.07, 6.45) is 0. The quantitative estimate of drug-likeness (QED) is 0.617. The van der Waals surface area contributed by atoms with Gasteiger partial charge in [-0.15, -0.1) is 0 Å². The number of hydrogen-bond donors (Lipinski definition) is 0. The van der Waals surface area contributed by atoms with Gasteiger partial charge in [-0.05, 0) is 29.3 Å². The Balaban J connectivity index is 2.48. The molecular formula is C12H8F. The average molecular weight is 171 g/mol. The van der Waals surface area contributed by atoms with Crippen molar-refractivity contribution < 1.29 is 4.39 Å². The summed E-state index contributed by atoms with van der Waals surface area (Å²) in [4.78, 5) is 0. The van der Waals surface area contributed by atoms with Crippen LogP contribution in [0.15, 0.2) is 48.5 Å². The van der Waals surface area contributed by atoms with Gasteiger partial charge in [0.2, 0.25) is 0 Å². The second-order valence-corrected chi connectivity index (χ2v) is 2.79. The Morgan fingerprint density at radius 3 is 2.46 bits per heavy atom. The highest BCUT2D eigenvalue weighted by molar-refractivity contribution is 5.62. The molecule has 1 heteroatoms. The zero-order valence-electron chi connectivity index (χ0n) is 7.00. The van der Waals surface area contributed by atoms with Crippen LogP contribution >= 0.6 is 0 Å². The summed E-state index contributed by atoms with van der Waals surface area (Å²) >= 11 is 0. The minimum absolute atomic E-state index is 0.224. The van der Waals surface area contributed by atoms with Crippen molar-refractivity contribution in [3.63, 3.8) is 0 Å². The van der Waals surface area contributed by atoms with E-state index in [4.69, 9.17) is 0 Å². The molecule has 2 aromatic carbocycles. The van der Waals surface area contributed by atoms with E-state index in [1.54, 1.807) is 6.07 Å². The van der Waals surface area contributed by atoms with Gasteiger partial charge in [-0.3, -0.25) is 0 Å². The van der Waals surface area contributed by atoms with Crippen LogP contribution in [-0.4, -0.2) is 0 Å². The van der Waals surface area contributed by atoms with E-state index in [1.807, 2.05) is 30.3 Å². The molecule has 0 amide bonds. The molecule has 0 aromatic heterocycles. The Hall–Kier alpha value is -1.63. The average Bonchev–Trinajstić information content (AvgIpc) is 2.19. The van der Waals surface area contributed by atoms with E-state index in [9.17, 15) is 4.39 Å². The Labute approximate surface area is 76.7 Å². The third-order valence-corrected chi connectivity index (χ3v) is 1.85. The topological polar surface area (TPSA) is 0 Å². The highest BCUT2D eigenvalue weighted by Gasteiger charge is 1.96. The molecule has 0 bridgehead atoms. The molecule has 1 radical (unpaired) electrons. The maximum Gasteiger partial charge on any atom is 0.123 e. The van der Waals surface area contributed by atoms with Crippen molar-refractivity contribution >= 4 is 0 Å². The minimum Gasteiger partial charge on any atom is -0.207 e. The van der Waals surface area contributed by atoms with Crippen LogP contribution in [0.4, 0.5) is 4.39 Å². The molecule has 2 aromatic rings. The molecule has 0 spiro atoms. The molecule has 0 atom stereocenters. The van der Waals surface area contributed by atoms with Crippen molar-refractivity contribution in [3.05, 3.63) is 60.4 Å². The summed E-state index contributed by atoms with van der Waals surface area (Å²) < 4.78 is 12.8. The van der Waals surface area contributed by atoms with Crippen molar-refractivity contribution in [2.24, 2.45) is 0 Å². The van der Waals surface area contributed by atoms with Crippen LogP contribution in [0.1, 0.15) is 0 Å². The largest absolute Gasteiger partial charge is 0.207 e. The molecule has 0 nitrogen and oxygen atoms in total. The fraction of sp³-hybridized carbons (Fsp3) is 0. The normalized spacial score (nSPS) is 9.92. The van der Waals surface area contributed by atoms with E-state index in [1.165, 1.54) is 12.1 Å². The first-order chi connectivity index (χ1) is 6.36. The molecule has 0 saturated heterocycles. The van der Waals surface area contributed by atoms with E-state index in [-0.39, 0.29) is 5.82 Å². The first-order valence-corrected chi connectivity index (χ1v) is 4.09. The van der Waals surface area contributed by atoms with Gasteiger partial charge >= 0.3 is 0 Å². The van der Waals surface area contributed by atoms with Gasteiger partial charge in [-0.2, -0.15) is 0 Å². The summed E-state index contributed by atoms with van der Waals surface area (Å²) in [5.41, 5.74) is 1.78. The molecule has 0 aliphatic heterocycles. The number of hydrogen-bond acceptors (Lipinski definition) is 0. The fourth-order valence-corrected chi connectivity index (χ4v) is 1.22. The summed E-state index contributed by atoms with van der Waals surface area (Å²) in [6, 6.07) is 17.1. The molecule has 0 aliphatic carbocycles. The first kappa shape index (κ1) is 7.99. The number of halogens is 1. The SMILES string of the molecule is Fc1cc[c]c(-c2ccccc2)c1. The molecule has 0 unspecified atom stereocenters. The Morgan fingerprint density at radius 1 is 1.00 bits per heavy atom. The van der Waals surface area contributed by atoms with Crippen LogP contribution in [-0.2, 0) is 0 Å². The molecule has 0 N–H and O–H groups in total. The summed E-state index contributed by atoms with van der Waals surface area (Å²) in [5, 5.41) is 0. The Bertz CT molecular complexity index is 393. The molecule has 0 aliphatic rings. The van der Waals surface area contributed by atoms with Crippen LogP contribution in [0, 0.1) is 11.9 Å². The maximum absolute atomic E-state index is 12.8. The molecule has 63 valence electrons. The van der Waals surface area contributed by atoms with Crippen molar-refractivity contribution in [2.75, 3.05) is 0 Å². The lowest BCUT2D eigenvalue weighted by Crippen LogP contribution is -1.78. The van der Waals surface area contributed by atoms with Gasteiger partial charge in [0.25, 0.3) is 0 Å². The second-order valence-electron chi connectivity index (χ2n) is 2.79. The van der Waals surface area contributed by atoms with Crippen molar-refractivity contribution in [1.82, 2.24) is 0 Å². The first-order valence-electron chi connectivity index (χ1n) is 4.09. The van der Waals surface area contributed by atoms with Gasteiger partial charge in [-0.1, -0.05) is 36.4 Å². The highest BCUT2D eigenvalue weighted by atomic mass is 19.1. The molecular weight excluding hydrogens is 163 g/mol. The molecule has 0 saturated carbocycles. The predicted molar refractivity (Wildman–Crippen MR) is 50.7 cm³/mol. The number of rotatable bonds is 1.